The summed E-state index contributed by atoms with van der Waals surface area (Å²) in [6.07, 6.45) is 2.42. The fourth-order valence-electron chi connectivity index (χ4n) is 2.59. The Hall–Kier alpha value is -2.31. The minimum Gasteiger partial charge on any atom is -0.503 e. The normalized spacial score (nSPS) is 17.8. The first-order valence-electron chi connectivity index (χ1n) is 7.36. The zero-order valence-electron chi connectivity index (χ0n) is 12.8. The van der Waals surface area contributed by atoms with Crippen LogP contribution in [0.3, 0.4) is 0 Å². The van der Waals surface area contributed by atoms with Gasteiger partial charge in [0.2, 0.25) is 17.2 Å². The van der Waals surface area contributed by atoms with E-state index in [0.29, 0.717) is 18.8 Å². The summed E-state index contributed by atoms with van der Waals surface area (Å²) in [5, 5.41) is 12.1. The number of amides is 2. The van der Waals surface area contributed by atoms with E-state index in [1.54, 1.807) is 16.5 Å². The van der Waals surface area contributed by atoms with E-state index >= 15 is 0 Å². The highest BCUT2D eigenvalue weighted by Gasteiger charge is 2.33. The highest BCUT2D eigenvalue weighted by Crippen LogP contribution is 2.18. The first-order valence-corrected chi connectivity index (χ1v) is 7.36. The second kappa shape index (κ2) is 6.64. The monoisotopic (exact) mass is 307 g/mol. The van der Waals surface area contributed by atoms with Crippen molar-refractivity contribution in [2.24, 2.45) is 13.0 Å². The van der Waals surface area contributed by atoms with Crippen molar-refractivity contribution >= 4 is 11.8 Å². The Morgan fingerprint density at radius 1 is 1.45 bits per heavy atom. The first-order chi connectivity index (χ1) is 10.4. The van der Waals surface area contributed by atoms with Gasteiger partial charge < -0.3 is 19.9 Å². The second-order valence-electron chi connectivity index (χ2n) is 5.58. The number of pyridine rings is 1. The molecular weight excluding hydrogens is 286 g/mol. The van der Waals surface area contributed by atoms with E-state index in [2.05, 4.69) is 5.32 Å². The third-order valence-corrected chi connectivity index (χ3v) is 3.84. The van der Waals surface area contributed by atoms with E-state index in [-0.39, 0.29) is 36.4 Å². The Bertz CT molecular complexity index is 638. The van der Waals surface area contributed by atoms with Crippen LogP contribution >= 0.6 is 0 Å². The van der Waals surface area contributed by atoms with E-state index in [1.807, 2.05) is 6.92 Å². The molecule has 0 aromatic carbocycles. The van der Waals surface area contributed by atoms with E-state index in [4.69, 9.17) is 0 Å². The Balaban J connectivity index is 1.95. The van der Waals surface area contributed by atoms with Crippen LogP contribution in [0, 0.1) is 5.92 Å². The molecule has 0 saturated carbocycles. The lowest BCUT2D eigenvalue weighted by atomic mass is 10.1. The van der Waals surface area contributed by atoms with Crippen molar-refractivity contribution in [3.05, 3.63) is 28.2 Å². The molecule has 2 rings (SSSR count). The molecule has 2 amide bonds. The van der Waals surface area contributed by atoms with Crippen LogP contribution in [-0.2, 0) is 23.2 Å². The van der Waals surface area contributed by atoms with Gasteiger partial charge in [0.15, 0.2) is 5.75 Å². The van der Waals surface area contributed by atoms with Crippen molar-refractivity contribution in [2.45, 2.75) is 26.3 Å². The number of rotatable bonds is 5. The quantitative estimate of drug-likeness (QED) is 0.799. The minimum atomic E-state index is -0.479. The highest BCUT2D eigenvalue weighted by atomic mass is 16.3. The number of likely N-dealkylation sites (tertiary alicyclic amines) is 1. The van der Waals surface area contributed by atoms with Crippen molar-refractivity contribution in [3.8, 4) is 5.75 Å². The summed E-state index contributed by atoms with van der Waals surface area (Å²) < 4.78 is 1.58. The lowest BCUT2D eigenvalue weighted by Gasteiger charge is -2.15. The van der Waals surface area contributed by atoms with Crippen molar-refractivity contribution in [1.82, 2.24) is 14.8 Å². The third-order valence-electron chi connectivity index (χ3n) is 3.84. The summed E-state index contributed by atoms with van der Waals surface area (Å²) in [6.45, 7) is 3.30. The molecule has 2 N–H and O–H groups in total. The van der Waals surface area contributed by atoms with Crippen LogP contribution in [0.15, 0.2) is 17.1 Å². The van der Waals surface area contributed by atoms with Crippen molar-refractivity contribution < 1.29 is 14.7 Å². The predicted octanol–water partition coefficient (Wildman–Crippen LogP) is -0.0344. The summed E-state index contributed by atoms with van der Waals surface area (Å²) in [5.41, 5.74) is 0.110. The van der Waals surface area contributed by atoms with Crippen LogP contribution in [0.5, 0.6) is 5.75 Å². The van der Waals surface area contributed by atoms with Gasteiger partial charge in [-0.05, 0) is 6.42 Å². The fourth-order valence-corrected chi connectivity index (χ4v) is 2.59. The van der Waals surface area contributed by atoms with Crippen LogP contribution in [-0.4, -0.2) is 39.5 Å². The van der Waals surface area contributed by atoms with Gasteiger partial charge in [-0.2, -0.15) is 0 Å². The molecule has 1 aliphatic heterocycles. The van der Waals surface area contributed by atoms with Crippen LogP contribution in [0.25, 0.3) is 0 Å². The molecule has 1 fully saturated rings. The van der Waals surface area contributed by atoms with Gasteiger partial charge in [-0.1, -0.05) is 6.92 Å². The van der Waals surface area contributed by atoms with Gasteiger partial charge in [-0.25, -0.2) is 0 Å². The lowest BCUT2D eigenvalue weighted by Crippen LogP contribution is -2.33. The average molecular weight is 307 g/mol. The van der Waals surface area contributed by atoms with Gasteiger partial charge in [0.05, 0.1) is 12.5 Å². The van der Waals surface area contributed by atoms with Crippen molar-refractivity contribution in [1.29, 1.82) is 0 Å². The molecule has 1 saturated heterocycles. The van der Waals surface area contributed by atoms with Crippen molar-refractivity contribution in [3.63, 3.8) is 0 Å². The maximum absolute atomic E-state index is 12.2. The van der Waals surface area contributed by atoms with E-state index in [1.165, 1.54) is 12.3 Å². The SMILES string of the molecule is CCCN1CC(C(=O)NCc2cc(=O)c(O)cn2C)CC1=O. The number of carbonyl (C=O) groups excluding carboxylic acids is 2. The molecule has 2 heterocycles. The van der Waals surface area contributed by atoms with E-state index < -0.39 is 5.43 Å². The van der Waals surface area contributed by atoms with Gasteiger partial charge in [0.25, 0.3) is 0 Å². The number of nitrogens with zero attached hydrogens (tertiary/aromatic N) is 2. The molecule has 22 heavy (non-hydrogen) atoms. The van der Waals surface area contributed by atoms with Gasteiger partial charge in [-0.15, -0.1) is 0 Å². The molecule has 0 radical (unpaired) electrons. The smallest absolute Gasteiger partial charge is 0.225 e. The Kier molecular flexibility index (Phi) is 4.85. The molecule has 120 valence electrons. The molecule has 7 nitrogen and oxygen atoms in total. The number of hydrogen-bond donors (Lipinski definition) is 2. The Morgan fingerprint density at radius 2 is 2.18 bits per heavy atom. The summed E-state index contributed by atoms with van der Waals surface area (Å²) >= 11 is 0. The van der Waals surface area contributed by atoms with Crippen LogP contribution in [0.4, 0.5) is 0 Å². The summed E-state index contributed by atoms with van der Waals surface area (Å²) in [7, 11) is 1.68. The highest BCUT2D eigenvalue weighted by molar-refractivity contribution is 5.89. The maximum Gasteiger partial charge on any atom is 0.225 e. The summed E-state index contributed by atoms with van der Waals surface area (Å²) in [4.78, 5) is 37.0. The Morgan fingerprint density at radius 3 is 2.86 bits per heavy atom. The van der Waals surface area contributed by atoms with E-state index in [0.717, 1.165) is 6.42 Å². The second-order valence-corrected chi connectivity index (χ2v) is 5.58. The summed E-state index contributed by atoms with van der Waals surface area (Å²) in [6, 6.07) is 1.29. The lowest BCUT2D eigenvalue weighted by molar-refractivity contribution is -0.129. The number of aromatic nitrogens is 1. The van der Waals surface area contributed by atoms with Gasteiger partial charge >= 0.3 is 0 Å². The summed E-state index contributed by atoms with van der Waals surface area (Å²) in [5.74, 6) is -0.839. The standard InChI is InChI=1S/C15H21N3O4/c1-3-4-18-8-10(5-14(18)21)15(22)16-7-11-6-12(19)13(20)9-17(11)2/h6,9-10,20H,3-5,7-8H2,1-2H3,(H,16,22). The van der Waals surface area contributed by atoms with E-state index in [9.17, 15) is 19.5 Å². The molecule has 1 aromatic heterocycles. The first kappa shape index (κ1) is 16.1. The minimum absolute atomic E-state index is 0.0130. The van der Waals surface area contributed by atoms with Crippen LogP contribution in [0.1, 0.15) is 25.5 Å². The molecule has 1 atom stereocenters. The Labute approximate surface area is 128 Å². The molecule has 7 heteroatoms. The van der Waals surface area contributed by atoms with Gasteiger partial charge in [0, 0.05) is 44.5 Å². The van der Waals surface area contributed by atoms with Gasteiger partial charge in [0.1, 0.15) is 0 Å². The van der Waals surface area contributed by atoms with Gasteiger partial charge in [-0.3, -0.25) is 14.4 Å². The largest absolute Gasteiger partial charge is 0.503 e. The van der Waals surface area contributed by atoms with Crippen LogP contribution < -0.4 is 10.7 Å². The number of aryl methyl sites for hydroxylation is 1. The zero-order chi connectivity index (χ0) is 16.3. The topological polar surface area (TPSA) is 91.6 Å². The van der Waals surface area contributed by atoms with Crippen molar-refractivity contribution in [2.75, 3.05) is 13.1 Å². The molecule has 1 aliphatic rings. The maximum atomic E-state index is 12.2. The molecular formula is C15H21N3O4. The molecule has 0 spiro atoms. The molecule has 0 bridgehead atoms. The third kappa shape index (κ3) is 3.47. The number of hydrogen-bond acceptors (Lipinski definition) is 4. The molecule has 0 aliphatic carbocycles. The zero-order valence-corrected chi connectivity index (χ0v) is 12.8. The fraction of sp³-hybridized carbons (Fsp3) is 0.533. The number of carbonyl (C=O) groups is 2. The average Bonchev–Trinajstić information content (AvgIpc) is 2.83. The number of aromatic hydroxyl groups is 1. The molecule has 1 unspecified atom stereocenters. The predicted molar refractivity (Wildman–Crippen MR) is 80.2 cm³/mol. The molecule has 1 aromatic rings. The number of nitrogens with one attached hydrogen (secondary N) is 1. The van der Waals surface area contributed by atoms with Crippen LogP contribution in [0.2, 0.25) is 0 Å².